The Labute approximate surface area is 46.8 Å². The van der Waals surface area contributed by atoms with Gasteiger partial charge in [-0.2, -0.15) is 0 Å². The largest absolute Gasteiger partial charge is 0.0773 e. The van der Waals surface area contributed by atoms with Crippen LogP contribution in [0.5, 0.6) is 0 Å². The third-order valence-electron chi connectivity index (χ3n) is 0.957. The van der Waals surface area contributed by atoms with Crippen LogP contribution in [0.15, 0.2) is 0 Å². The van der Waals surface area contributed by atoms with Crippen LogP contribution >= 0.6 is 0 Å². The van der Waals surface area contributed by atoms with Crippen LogP contribution in [0.3, 0.4) is 0 Å². The Morgan fingerprint density at radius 3 is 2.33 bits per heavy atom. The Hall–Kier alpha value is 0.651. The van der Waals surface area contributed by atoms with Gasteiger partial charge < -0.3 is 0 Å². The molecule has 0 aromatic carbocycles. The normalized spacial score (nSPS) is 15.0. The summed E-state index contributed by atoms with van der Waals surface area (Å²) in [7, 11) is 1.93. The maximum absolute atomic E-state index is 2.47. The second kappa shape index (κ2) is 5.65. The van der Waals surface area contributed by atoms with Crippen molar-refractivity contribution in [1.82, 2.24) is 0 Å². The zero-order valence-electron chi connectivity index (χ0n) is 4.83. The van der Waals surface area contributed by atoms with E-state index < -0.39 is 0 Å². The van der Waals surface area contributed by atoms with E-state index in [9.17, 15) is 0 Å². The Kier molecular flexibility index (Phi) is 6.26. The summed E-state index contributed by atoms with van der Waals surface area (Å²) in [6, 6.07) is 1.59. The van der Waals surface area contributed by atoms with Gasteiger partial charge in [0, 0.05) is 18.1 Å². The average Bonchev–Trinajstić information content (AvgIpc) is 1.61. The van der Waals surface area contributed by atoms with Crippen LogP contribution < -0.4 is 0 Å². The smallest absolute Gasteiger partial charge is 0.00458 e. The molecule has 6 heavy (non-hydrogen) atoms. The molecule has 0 aliphatic carbocycles. The summed E-state index contributed by atoms with van der Waals surface area (Å²) in [6.45, 7) is 4.82. The van der Waals surface area contributed by atoms with Gasteiger partial charge in [0.05, 0.1) is 0 Å². The van der Waals surface area contributed by atoms with Crippen LogP contribution in [0.2, 0.25) is 12.6 Å². The van der Waals surface area contributed by atoms with E-state index in [1.165, 1.54) is 0 Å². The summed E-state index contributed by atoms with van der Waals surface area (Å²) in [4.78, 5) is 0. The fourth-order valence-corrected chi connectivity index (χ4v) is 13.5. The van der Waals surface area contributed by atoms with Crippen LogP contribution in [-0.4, -0.2) is 26.6 Å². The van der Waals surface area contributed by atoms with Crippen molar-refractivity contribution in [1.29, 1.82) is 0 Å². The maximum atomic E-state index is 2.47. The SMILES string of the molecule is CC[SiH2][SiH2][SiH2]C. The molecule has 0 atom stereocenters. The molecule has 0 aromatic heterocycles. The van der Waals surface area contributed by atoms with Gasteiger partial charge in [-0.15, -0.1) is 0 Å². The summed E-state index contributed by atoms with van der Waals surface area (Å²) < 4.78 is 0. The first kappa shape index (κ1) is 6.65. The first-order valence-electron chi connectivity index (χ1n) is 2.91. The molecular formula is C3H14Si3. The predicted octanol–water partition coefficient (Wildman–Crippen LogP) is -1.19. The molecule has 0 saturated carbocycles. The highest BCUT2D eigenvalue weighted by Gasteiger charge is 1.79. The van der Waals surface area contributed by atoms with Crippen molar-refractivity contribution in [2.75, 3.05) is 0 Å². The Morgan fingerprint density at radius 1 is 1.50 bits per heavy atom. The van der Waals surface area contributed by atoms with E-state index in [-0.39, 0.29) is 0 Å². The topological polar surface area (TPSA) is 0 Å². The van der Waals surface area contributed by atoms with Gasteiger partial charge in [-0.05, 0) is 8.55 Å². The molecule has 0 unspecified atom stereocenters. The molecule has 0 heterocycles. The van der Waals surface area contributed by atoms with Gasteiger partial charge in [0.25, 0.3) is 0 Å². The zero-order chi connectivity index (χ0) is 4.83. The van der Waals surface area contributed by atoms with E-state index in [0.717, 1.165) is 0 Å². The molecule has 0 nitrogen and oxygen atoms in total. The molecule has 38 valence electrons. The van der Waals surface area contributed by atoms with E-state index in [2.05, 4.69) is 13.5 Å². The third kappa shape index (κ3) is 4.65. The highest BCUT2D eigenvalue weighted by Crippen LogP contribution is 1.66. The molecule has 0 fully saturated rings. The molecule has 0 bridgehead atoms. The third-order valence-corrected chi connectivity index (χ3v) is 19.5. The first-order chi connectivity index (χ1) is 2.91. The lowest BCUT2D eigenvalue weighted by molar-refractivity contribution is 1.47. The fourth-order valence-electron chi connectivity index (χ4n) is 0.500. The van der Waals surface area contributed by atoms with Crippen molar-refractivity contribution in [2.45, 2.75) is 19.5 Å². The van der Waals surface area contributed by atoms with Gasteiger partial charge in [0.2, 0.25) is 0 Å². The Balaban J connectivity index is 2.34. The van der Waals surface area contributed by atoms with Crippen molar-refractivity contribution >= 4 is 26.6 Å². The lowest BCUT2D eigenvalue weighted by Gasteiger charge is -1.82. The molecule has 0 rings (SSSR count). The van der Waals surface area contributed by atoms with Gasteiger partial charge in [-0.3, -0.25) is 0 Å². The molecule has 0 aliphatic rings. The molecular weight excluding hydrogens is 120 g/mol. The lowest BCUT2D eigenvalue weighted by atomic mass is 11.0. The lowest BCUT2D eigenvalue weighted by Crippen LogP contribution is -2.06. The zero-order valence-corrected chi connectivity index (χ0v) is 9.07. The number of hydrogen-bond acceptors (Lipinski definition) is 0. The van der Waals surface area contributed by atoms with Crippen LogP contribution in [0.1, 0.15) is 6.92 Å². The predicted molar refractivity (Wildman–Crippen MR) is 42.0 cm³/mol. The second-order valence-corrected chi connectivity index (χ2v) is 18.7. The highest BCUT2D eigenvalue weighted by molar-refractivity contribution is 7.29. The fraction of sp³-hybridized carbons (Fsp3) is 1.00. The second-order valence-electron chi connectivity index (χ2n) is 1.71. The van der Waals surface area contributed by atoms with E-state index in [0.29, 0.717) is 26.6 Å². The average molecular weight is 134 g/mol. The van der Waals surface area contributed by atoms with Gasteiger partial charge in [0.15, 0.2) is 0 Å². The molecule has 0 spiro atoms. The minimum atomic E-state index is 0.604. The monoisotopic (exact) mass is 134 g/mol. The van der Waals surface area contributed by atoms with Crippen molar-refractivity contribution in [3.63, 3.8) is 0 Å². The van der Waals surface area contributed by atoms with Crippen LogP contribution in [0.4, 0.5) is 0 Å². The number of rotatable bonds is 3. The van der Waals surface area contributed by atoms with Crippen molar-refractivity contribution in [2.24, 2.45) is 0 Å². The van der Waals surface area contributed by atoms with Crippen LogP contribution in [0.25, 0.3) is 0 Å². The van der Waals surface area contributed by atoms with Gasteiger partial charge in [-0.25, -0.2) is 0 Å². The summed E-state index contributed by atoms with van der Waals surface area (Å²) in [6.07, 6.45) is 0. The molecule has 3 heteroatoms. The summed E-state index contributed by atoms with van der Waals surface area (Å²) in [5.41, 5.74) is 0. The van der Waals surface area contributed by atoms with Crippen molar-refractivity contribution < 1.29 is 0 Å². The quantitative estimate of drug-likeness (QED) is 0.336. The summed E-state index contributed by atoms with van der Waals surface area (Å²) in [5, 5.41) is 0. The van der Waals surface area contributed by atoms with Gasteiger partial charge in [-0.1, -0.05) is 19.5 Å². The Bertz CT molecular complexity index is 18.0. The molecule has 0 saturated heterocycles. The molecule has 0 N–H and O–H groups in total. The summed E-state index contributed by atoms with van der Waals surface area (Å²) in [5.74, 6) is 0. The Morgan fingerprint density at radius 2 is 2.17 bits per heavy atom. The highest BCUT2D eigenvalue weighted by atomic mass is 29.5. The molecule has 0 aromatic rings. The van der Waals surface area contributed by atoms with Crippen molar-refractivity contribution in [3.8, 4) is 0 Å². The van der Waals surface area contributed by atoms with E-state index >= 15 is 0 Å². The van der Waals surface area contributed by atoms with Crippen LogP contribution in [0, 0.1) is 0 Å². The molecule has 0 aliphatic heterocycles. The minimum Gasteiger partial charge on any atom is -0.0773 e. The van der Waals surface area contributed by atoms with Crippen molar-refractivity contribution in [3.05, 3.63) is 0 Å². The van der Waals surface area contributed by atoms with E-state index in [1.54, 1.807) is 6.04 Å². The minimum absolute atomic E-state index is 0.604. The van der Waals surface area contributed by atoms with E-state index in [1.807, 2.05) is 0 Å². The number of hydrogen-bond donors (Lipinski definition) is 0. The van der Waals surface area contributed by atoms with Gasteiger partial charge in [0.1, 0.15) is 0 Å². The first-order valence-corrected chi connectivity index (χ1v) is 13.3. The maximum Gasteiger partial charge on any atom is 0.00458 e. The van der Waals surface area contributed by atoms with Gasteiger partial charge >= 0.3 is 0 Å². The standard InChI is InChI=1S/C3H14Si3/c1-3-5-6-4-2/h3-6H2,1-2H3. The molecule has 0 radical (unpaired) electrons. The molecule has 0 amide bonds. The van der Waals surface area contributed by atoms with E-state index in [4.69, 9.17) is 0 Å². The summed E-state index contributed by atoms with van der Waals surface area (Å²) >= 11 is 0. The van der Waals surface area contributed by atoms with Crippen LogP contribution in [-0.2, 0) is 0 Å².